The van der Waals surface area contributed by atoms with Crippen molar-refractivity contribution in [1.29, 1.82) is 0 Å². The van der Waals surface area contributed by atoms with Crippen LogP contribution in [-0.4, -0.2) is 52.9 Å². The SMILES string of the molecule is O=C(CCc1cc(=O)[nH]o1)N1CCC[C@]2(CCC(=O)N(CC3CC3)C2)C1. The number of hydrogen-bond donors (Lipinski definition) is 1. The Kier molecular flexibility index (Phi) is 4.63. The van der Waals surface area contributed by atoms with Crippen LogP contribution in [0.1, 0.15) is 50.7 Å². The molecule has 3 aliphatic rings. The molecule has 26 heavy (non-hydrogen) atoms. The molecule has 0 bridgehead atoms. The van der Waals surface area contributed by atoms with Crippen LogP contribution in [0, 0.1) is 11.3 Å². The van der Waals surface area contributed by atoms with Crippen LogP contribution in [0.4, 0.5) is 0 Å². The molecule has 1 spiro atoms. The standard InChI is InChI=1S/C19H27N3O4/c23-16-10-15(26-20-16)4-5-17(24)21-9-1-7-19(12-21)8-6-18(25)22(13-19)11-14-2-3-14/h10,14H,1-9,11-13H2,(H,20,23)/t19-/m0/s1. The van der Waals surface area contributed by atoms with Crippen molar-refractivity contribution in [3.63, 3.8) is 0 Å². The van der Waals surface area contributed by atoms with Crippen molar-refractivity contribution in [2.45, 2.75) is 51.4 Å². The van der Waals surface area contributed by atoms with Gasteiger partial charge in [0.2, 0.25) is 11.8 Å². The lowest BCUT2D eigenvalue weighted by molar-refractivity contribution is -0.143. The van der Waals surface area contributed by atoms with Gasteiger partial charge in [-0.1, -0.05) is 0 Å². The summed E-state index contributed by atoms with van der Waals surface area (Å²) >= 11 is 0. The topological polar surface area (TPSA) is 86.6 Å². The van der Waals surface area contributed by atoms with E-state index in [9.17, 15) is 14.4 Å². The fraction of sp³-hybridized carbons (Fsp3) is 0.737. The summed E-state index contributed by atoms with van der Waals surface area (Å²) in [5, 5.41) is 2.26. The van der Waals surface area contributed by atoms with Crippen LogP contribution in [0.2, 0.25) is 0 Å². The summed E-state index contributed by atoms with van der Waals surface area (Å²) in [6, 6.07) is 1.40. The lowest BCUT2D eigenvalue weighted by atomic mass is 9.73. The van der Waals surface area contributed by atoms with Gasteiger partial charge < -0.3 is 14.3 Å². The van der Waals surface area contributed by atoms with Gasteiger partial charge in [-0.15, -0.1) is 0 Å². The number of likely N-dealkylation sites (tertiary alicyclic amines) is 2. The van der Waals surface area contributed by atoms with Crippen LogP contribution < -0.4 is 5.56 Å². The number of carbonyl (C=O) groups excluding carboxylic acids is 2. The minimum Gasteiger partial charge on any atom is -0.384 e. The maximum absolute atomic E-state index is 12.7. The molecule has 1 saturated carbocycles. The van der Waals surface area contributed by atoms with Crippen molar-refractivity contribution >= 4 is 11.8 Å². The highest BCUT2D eigenvalue weighted by Crippen LogP contribution is 2.40. The van der Waals surface area contributed by atoms with Crippen LogP contribution in [0.25, 0.3) is 0 Å². The number of carbonyl (C=O) groups is 2. The average Bonchev–Trinajstić information content (AvgIpc) is 3.35. The van der Waals surface area contributed by atoms with Gasteiger partial charge in [-0.05, 0) is 38.0 Å². The first-order valence-corrected chi connectivity index (χ1v) is 9.76. The Labute approximate surface area is 152 Å². The minimum atomic E-state index is -0.271. The molecule has 7 nitrogen and oxygen atoms in total. The van der Waals surface area contributed by atoms with Crippen molar-refractivity contribution in [2.24, 2.45) is 11.3 Å². The van der Waals surface area contributed by atoms with Crippen LogP contribution in [-0.2, 0) is 16.0 Å². The highest BCUT2D eigenvalue weighted by atomic mass is 16.5. The van der Waals surface area contributed by atoms with E-state index >= 15 is 0 Å². The molecular formula is C19H27N3O4. The van der Waals surface area contributed by atoms with Crippen molar-refractivity contribution in [1.82, 2.24) is 15.0 Å². The number of hydrogen-bond acceptors (Lipinski definition) is 4. The van der Waals surface area contributed by atoms with E-state index in [0.717, 1.165) is 45.4 Å². The van der Waals surface area contributed by atoms with Crippen LogP contribution in [0.3, 0.4) is 0 Å². The summed E-state index contributed by atoms with van der Waals surface area (Å²) in [7, 11) is 0. The number of nitrogens with zero attached hydrogens (tertiary/aromatic N) is 2. The molecule has 0 aromatic carbocycles. The van der Waals surface area contributed by atoms with Gasteiger partial charge in [-0.25, -0.2) is 0 Å². The molecule has 3 heterocycles. The van der Waals surface area contributed by atoms with Crippen molar-refractivity contribution in [2.75, 3.05) is 26.2 Å². The number of piperidine rings is 2. The van der Waals surface area contributed by atoms with Gasteiger partial charge in [0.05, 0.1) is 0 Å². The van der Waals surface area contributed by atoms with Gasteiger partial charge in [0.1, 0.15) is 5.76 Å². The number of rotatable bonds is 5. The van der Waals surface area contributed by atoms with Crippen LogP contribution in [0.5, 0.6) is 0 Å². The molecular weight excluding hydrogens is 334 g/mol. The zero-order chi connectivity index (χ0) is 18.1. The summed E-state index contributed by atoms with van der Waals surface area (Å²) in [5.74, 6) is 1.62. The van der Waals surface area contributed by atoms with E-state index in [4.69, 9.17) is 4.52 Å². The Morgan fingerprint density at radius 3 is 2.85 bits per heavy atom. The Bertz CT molecular complexity index is 735. The molecule has 4 rings (SSSR count). The lowest BCUT2D eigenvalue weighted by Gasteiger charge is -2.48. The number of nitrogens with one attached hydrogen (secondary N) is 1. The van der Waals surface area contributed by atoms with E-state index in [1.165, 1.54) is 18.9 Å². The van der Waals surface area contributed by atoms with Gasteiger partial charge in [0, 0.05) is 56.9 Å². The summed E-state index contributed by atoms with van der Waals surface area (Å²) in [5.41, 5.74) is -0.204. The second-order valence-electron chi connectivity index (χ2n) is 8.32. The molecule has 1 N–H and O–H groups in total. The summed E-state index contributed by atoms with van der Waals surface area (Å²) < 4.78 is 5.03. The van der Waals surface area contributed by atoms with E-state index in [0.29, 0.717) is 30.9 Å². The molecule has 2 amide bonds. The van der Waals surface area contributed by atoms with Gasteiger partial charge in [-0.2, -0.15) is 5.16 Å². The molecule has 1 atom stereocenters. The number of aromatic amines is 1. The van der Waals surface area contributed by atoms with Gasteiger partial charge in [-0.3, -0.25) is 14.4 Å². The van der Waals surface area contributed by atoms with E-state index in [1.807, 2.05) is 4.90 Å². The highest BCUT2D eigenvalue weighted by molar-refractivity contribution is 5.78. The van der Waals surface area contributed by atoms with Crippen molar-refractivity contribution in [3.8, 4) is 0 Å². The number of aryl methyl sites for hydroxylation is 1. The van der Waals surface area contributed by atoms with Crippen LogP contribution in [0.15, 0.2) is 15.4 Å². The van der Waals surface area contributed by atoms with Gasteiger partial charge in [0.15, 0.2) is 0 Å². The number of H-pyrrole nitrogens is 1. The first kappa shape index (κ1) is 17.4. The third-order valence-electron chi connectivity index (χ3n) is 6.10. The molecule has 142 valence electrons. The molecule has 2 saturated heterocycles. The third-order valence-corrected chi connectivity index (χ3v) is 6.10. The molecule has 3 fully saturated rings. The fourth-order valence-electron chi connectivity index (χ4n) is 4.47. The van der Waals surface area contributed by atoms with Gasteiger partial charge in [0.25, 0.3) is 5.56 Å². The molecule has 0 radical (unpaired) electrons. The smallest absolute Gasteiger partial charge is 0.280 e. The fourth-order valence-corrected chi connectivity index (χ4v) is 4.47. The van der Waals surface area contributed by atoms with E-state index in [1.54, 1.807) is 0 Å². The Morgan fingerprint density at radius 2 is 2.12 bits per heavy atom. The van der Waals surface area contributed by atoms with Crippen LogP contribution >= 0.6 is 0 Å². The quantitative estimate of drug-likeness (QED) is 0.862. The summed E-state index contributed by atoms with van der Waals surface area (Å²) in [6.45, 7) is 3.24. The summed E-state index contributed by atoms with van der Waals surface area (Å²) in [4.78, 5) is 40.0. The zero-order valence-electron chi connectivity index (χ0n) is 15.2. The second kappa shape index (κ2) is 6.93. The zero-order valence-corrected chi connectivity index (χ0v) is 15.2. The predicted molar refractivity (Wildman–Crippen MR) is 94.4 cm³/mol. The van der Waals surface area contributed by atoms with E-state index in [2.05, 4.69) is 10.1 Å². The maximum atomic E-state index is 12.7. The monoisotopic (exact) mass is 361 g/mol. The Morgan fingerprint density at radius 1 is 1.27 bits per heavy atom. The summed E-state index contributed by atoms with van der Waals surface area (Å²) in [6.07, 6.45) is 6.88. The maximum Gasteiger partial charge on any atom is 0.280 e. The van der Waals surface area contributed by atoms with Crippen molar-refractivity contribution in [3.05, 3.63) is 22.2 Å². The second-order valence-corrected chi connectivity index (χ2v) is 8.32. The molecule has 1 aromatic rings. The molecule has 1 aliphatic carbocycles. The van der Waals surface area contributed by atoms with Gasteiger partial charge >= 0.3 is 0 Å². The van der Waals surface area contributed by atoms with Crippen molar-refractivity contribution < 1.29 is 14.1 Å². The first-order chi connectivity index (χ1) is 12.5. The predicted octanol–water partition coefficient (Wildman–Crippen LogP) is 1.54. The normalized spacial score (nSPS) is 26.5. The number of amides is 2. The highest BCUT2D eigenvalue weighted by Gasteiger charge is 2.43. The molecule has 0 unspecified atom stereocenters. The Balaban J connectivity index is 1.35. The number of aromatic nitrogens is 1. The molecule has 1 aromatic heterocycles. The van der Waals surface area contributed by atoms with E-state index in [-0.39, 0.29) is 22.8 Å². The molecule has 2 aliphatic heterocycles. The average molecular weight is 361 g/mol. The van der Waals surface area contributed by atoms with E-state index < -0.39 is 0 Å². The largest absolute Gasteiger partial charge is 0.384 e. The third kappa shape index (κ3) is 3.86. The first-order valence-electron chi connectivity index (χ1n) is 9.76. The lowest BCUT2D eigenvalue weighted by Crippen LogP contribution is -2.55. The minimum absolute atomic E-state index is 0.0668. The molecule has 7 heteroatoms. The Hall–Kier alpha value is -2.05.